The van der Waals surface area contributed by atoms with Crippen molar-refractivity contribution in [2.24, 2.45) is 5.41 Å². The summed E-state index contributed by atoms with van der Waals surface area (Å²) >= 11 is 0. The lowest BCUT2D eigenvalue weighted by molar-refractivity contribution is 0.0911. The first-order valence-corrected chi connectivity index (χ1v) is 10.5. The van der Waals surface area contributed by atoms with Crippen LogP contribution < -0.4 is 0 Å². The van der Waals surface area contributed by atoms with Crippen molar-refractivity contribution in [3.8, 4) is 5.75 Å². The summed E-state index contributed by atoms with van der Waals surface area (Å²) in [5.74, 6) is 0.357. The lowest BCUT2D eigenvalue weighted by Gasteiger charge is -2.40. The second-order valence-corrected chi connectivity index (χ2v) is 8.60. The molecule has 4 rings (SSSR count). The monoisotopic (exact) mass is 364 g/mol. The van der Waals surface area contributed by atoms with E-state index < -0.39 is 0 Å². The van der Waals surface area contributed by atoms with Gasteiger partial charge < -0.3 is 10.0 Å². The van der Waals surface area contributed by atoms with Gasteiger partial charge in [0.2, 0.25) is 0 Å². The number of aromatic hydroxyl groups is 1. The highest BCUT2D eigenvalue weighted by atomic mass is 16.3. The van der Waals surface area contributed by atoms with E-state index in [9.17, 15) is 5.11 Å². The molecule has 0 bridgehead atoms. The molecule has 0 aromatic heterocycles. The maximum Gasteiger partial charge on any atom is 0.115 e. The minimum Gasteiger partial charge on any atom is -0.508 e. The Morgan fingerprint density at radius 1 is 0.815 bits per heavy atom. The van der Waals surface area contributed by atoms with Crippen LogP contribution in [0.15, 0.2) is 54.6 Å². The molecule has 1 atom stereocenters. The van der Waals surface area contributed by atoms with Crippen molar-refractivity contribution in [1.29, 1.82) is 0 Å². The van der Waals surface area contributed by atoms with Crippen LogP contribution >= 0.6 is 0 Å². The molecule has 2 aromatic rings. The van der Waals surface area contributed by atoms with Gasteiger partial charge in [-0.05, 0) is 80.4 Å². The molecule has 2 heterocycles. The van der Waals surface area contributed by atoms with Gasteiger partial charge in [-0.3, -0.25) is 4.90 Å². The highest BCUT2D eigenvalue weighted by molar-refractivity contribution is 5.26. The minimum absolute atomic E-state index is 0.357. The Labute approximate surface area is 163 Å². The molecule has 1 spiro atoms. The Kier molecular flexibility index (Phi) is 5.80. The van der Waals surface area contributed by atoms with Gasteiger partial charge in [-0.2, -0.15) is 0 Å². The van der Waals surface area contributed by atoms with E-state index >= 15 is 0 Å². The summed E-state index contributed by atoms with van der Waals surface area (Å²) in [6.07, 6.45) is 6.52. The van der Waals surface area contributed by atoms with Gasteiger partial charge in [-0.15, -0.1) is 0 Å². The number of likely N-dealkylation sites (tertiary alicyclic amines) is 2. The largest absolute Gasteiger partial charge is 0.508 e. The average Bonchev–Trinajstić information content (AvgIpc) is 3.06. The number of nitrogens with zero attached hydrogens (tertiary/aromatic N) is 2. The van der Waals surface area contributed by atoms with Crippen molar-refractivity contribution >= 4 is 0 Å². The van der Waals surface area contributed by atoms with Gasteiger partial charge in [-0.1, -0.05) is 42.5 Å². The summed E-state index contributed by atoms with van der Waals surface area (Å²) in [4.78, 5) is 5.33. The van der Waals surface area contributed by atoms with E-state index in [4.69, 9.17) is 0 Å². The minimum atomic E-state index is 0.357. The quantitative estimate of drug-likeness (QED) is 0.827. The fraction of sp³-hybridized carbons (Fsp3) is 0.500. The summed E-state index contributed by atoms with van der Waals surface area (Å²) in [7, 11) is 0. The number of benzene rings is 2. The normalized spacial score (nSPS) is 23.9. The molecule has 2 aliphatic heterocycles. The van der Waals surface area contributed by atoms with Crippen LogP contribution in [0.2, 0.25) is 0 Å². The smallest absolute Gasteiger partial charge is 0.115 e. The third kappa shape index (κ3) is 4.91. The topological polar surface area (TPSA) is 26.7 Å². The first-order valence-electron chi connectivity index (χ1n) is 10.5. The van der Waals surface area contributed by atoms with E-state index in [0.717, 1.165) is 6.54 Å². The second kappa shape index (κ2) is 8.45. The molecule has 1 N–H and O–H groups in total. The first kappa shape index (κ1) is 18.5. The van der Waals surface area contributed by atoms with Gasteiger partial charge in [-0.25, -0.2) is 0 Å². The van der Waals surface area contributed by atoms with Gasteiger partial charge in [0.1, 0.15) is 5.75 Å². The standard InChI is InChI=1S/C24H32N2O/c27-23-11-9-22(10-12-23)18-26-17-14-24(20-26)13-5-16-25(19-24)15-4-8-21-6-2-1-3-7-21/h1-3,6-7,9-12,27H,4-5,8,13-20H2. The molecule has 1 unspecified atom stereocenters. The van der Waals surface area contributed by atoms with Crippen molar-refractivity contribution in [2.45, 2.75) is 38.6 Å². The van der Waals surface area contributed by atoms with Crippen LogP contribution in [0.3, 0.4) is 0 Å². The molecule has 2 saturated heterocycles. The summed E-state index contributed by atoms with van der Waals surface area (Å²) < 4.78 is 0. The highest BCUT2D eigenvalue weighted by Crippen LogP contribution is 2.39. The summed E-state index contributed by atoms with van der Waals surface area (Å²) in [5.41, 5.74) is 3.27. The predicted octanol–water partition coefficient (Wildman–Crippen LogP) is 4.31. The van der Waals surface area contributed by atoms with Crippen LogP contribution in [0.25, 0.3) is 0 Å². The van der Waals surface area contributed by atoms with E-state index in [1.165, 1.54) is 76.0 Å². The predicted molar refractivity (Wildman–Crippen MR) is 111 cm³/mol. The first-order chi connectivity index (χ1) is 13.2. The molecular weight excluding hydrogens is 332 g/mol. The van der Waals surface area contributed by atoms with Crippen molar-refractivity contribution in [3.63, 3.8) is 0 Å². The van der Waals surface area contributed by atoms with E-state index in [2.05, 4.69) is 52.3 Å². The van der Waals surface area contributed by atoms with E-state index in [-0.39, 0.29) is 0 Å². The van der Waals surface area contributed by atoms with E-state index in [1.54, 1.807) is 12.1 Å². The number of aryl methyl sites for hydroxylation is 1. The lowest BCUT2D eigenvalue weighted by atomic mass is 9.79. The second-order valence-electron chi connectivity index (χ2n) is 8.60. The molecule has 144 valence electrons. The van der Waals surface area contributed by atoms with Crippen molar-refractivity contribution < 1.29 is 5.11 Å². The van der Waals surface area contributed by atoms with Crippen LogP contribution in [0.5, 0.6) is 5.75 Å². The third-order valence-electron chi connectivity index (χ3n) is 6.38. The zero-order chi connectivity index (χ0) is 18.5. The molecular formula is C24H32N2O. The number of piperidine rings is 1. The lowest BCUT2D eigenvalue weighted by Crippen LogP contribution is -2.45. The molecule has 0 radical (unpaired) electrons. The molecule has 27 heavy (non-hydrogen) atoms. The van der Waals surface area contributed by atoms with Gasteiger partial charge in [0, 0.05) is 19.6 Å². The van der Waals surface area contributed by atoms with Crippen LogP contribution in [0, 0.1) is 5.41 Å². The third-order valence-corrected chi connectivity index (χ3v) is 6.38. The Morgan fingerprint density at radius 3 is 2.41 bits per heavy atom. The average molecular weight is 365 g/mol. The summed E-state index contributed by atoms with van der Waals surface area (Å²) in [6, 6.07) is 18.6. The van der Waals surface area contributed by atoms with Crippen molar-refractivity contribution in [3.05, 3.63) is 65.7 Å². The van der Waals surface area contributed by atoms with Gasteiger partial charge in [0.15, 0.2) is 0 Å². The fourth-order valence-corrected chi connectivity index (χ4v) is 5.01. The van der Waals surface area contributed by atoms with Crippen molar-refractivity contribution in [2.75, 3.05) is 32.7 Å². The van der Waals surface area contributed by atoms with Gasteiger partial charge in [0.25, 0.3) is 0 Å². The zero-order valence-electron chi connectivity index (χ0n) is 16.3. The van der Waals surface area contributed by atoms with Crippen LogP contribution in [-0.4, -0.2) is 47.6 Å². The number of hydrogen-bond acceptors (Lipinski definition) is 3. The molecule has 2 aromatic carbocycles. The molecule has 2 aliphatic rings. The zero-order valence-corrected chi connectivity index (χ0v) is 16.3. The van der Waals surface area contributed by atoms with E-state index in [1.807, 2.05) is 0 Å². The van der Waals surface area contributed by atoms with Crippen molar-refractivity contribution in [1.82, 2.24) is 9.80 Å². The Bertz CT molecular complexity index is 715. The van der Waals surface area contributed by atoms with E-state index in [0.29, 0.717) is 11.2 Å². The Hall–Kier alpha value is -1.84. The SMILES string of the molecule is Oc1ccc(CN2CCC3(CCCN(CCCc4ccccc4)C3)C2)cc1. The molecule has 3 heteroatoms. The molecule has 3 nitrogen and oxygen atoms in total. The van der Waals surface area contributed by atoms with Crippen LogP contribution in [0.1, 0.15) is 36.8 Å². The Balaban J connectivity index is 1.26. The number of rotatable bonds is 6. The van der Waals surface area contributed by atoms with Crippen LogP contribution in [0.4, 0.5) is 0 Å². The Morgan fingerprint density at radius 2 is 1.59 bits per heavy atom. The fourth-order valence-electron chi connectivity index (χ4n) is 5.01. The number of phenolic OH excluding ortho intramolecular Hbond substituents is 1. The summed E-state index contributed by atoms with van der Waals surface area (Å²) in [6.45, 7) is 7.22. The maximum atomic E-state index is 9.47. The molecule has 0 saturated carbocycles. The number of hydrogen-bond donors (Lipinski definition) is 1. The summed E-state index contributed by atoms with van der Waals surface area (Å²) in [5, 5.41) is 9.47. The molecule has 0 amide bonds. The van der Waals surface area contributed by atoms with Gasteiger partial charge >= 0.3 is 0 Å². The highest BCUT2D eigenvalue weighted by Gasteiger charge is 2.40. The molecule has 2 fully saturated rings. The molecule has 0 aliphatic carbocycles. The van der Waals surface area contributed by atoms with Crippen LogP contribution in [-0.2, 0) is 13.0 Å². The number of phenols is 1. The van der Waals surface area contributed by atoms with Gasteiger partial charge in [0.05, 0.1) is 0 Å². The maximum absolute atomic E-state index is 9.47.